The Morgan fingerprint density at radius 3 is 2.70 bits per heavy atom. The number of halogens is 1. The van der Waals surface area contributed by atoms with Gasteiger partial charge < -0.3 is 25.6 Å². The van der Waals surface area contributed by atoms with Gasteiger partial charge in [-0.3, -0.25) is 9.59 Å². The van der Waals surface area contributed by atoms with Crippen LogP contribution < -0.4 is 10.6 Å². The SMILES string of the molecule is O=C(NCCOCCO)C(=O)Nc1cc(Cl)ccc1O. The summed E-state index contributed by atoms with van der Waals surface area (Å²) >= 11 is 5.71. The van der Waals surface area contributed by atoms with E-state index in [0.717, 1.165) is 0 Å². The molecule has 0 spiro atoms. The van der Waals surface area contributed by atoms with Crippen LogP contribution in [0.4, 0.5) is 5.69 Å². The summed E-state index contributed by atoms with van der Waals surface area (Å²) in [4.78, 5) is 23.0. The van der Waals surface area contributed by atoms with Crippen LogP contribution in [-0.2, 0) is 14.3 Å². The molecule has 0 aliphatic rings. The number of phenolic OH excluding ortho intramolecular Hbond substituents is 1. The minimum atomic E-state index is -0.926. The van der Waals surface area contributed by atoms with Gasteiger partial charge in [0, 0.05) is 11.6 Å². The summed E-state index contributed by atoms with van der Waals surface area (Å²) in [6, 6.07) is 4.08. The van der Waals surface area contributed by atoms with Gasteiger partial charge in [-0.1, -0.05) is 11.6 Å². The van der Waals surface area contributed by atoms with E-state index in [-0.39, 0.29) is 37.8 Å². The quantitative estimate of drug-likeness (QED) is 0.339. The number of aliphatic hydroxyl groups excluding tert-OH is 1. The maximum Gasteiger partial charge on any atom is 0.313 e. The first-order valence-electron chi connectivity index (χ1n) is 5.81. The van der Waals surface area contributed by atoms with Crippen molar-refractivity contribution in [1.29, 1.82) is 0 Å². The van der Waals surface area contributed by atoms with E-state index < -0.39 is 11.8 Å². The molecule has 0 unspecified atom stereocenters. The molecule has 0 aromatic heterocycles. The van der Waals surface area contributed by atoms with Crippen LogP contribution in [0.25, 0.3) is 0 Å². The fraction of sp³-hybridized carbons (Fsp3) is 0.333. The number of aromatic hydroxyl groups is 1. The average molecular weight is 303 g/mol. The number of hydrogen-bond donors (Lipinski definition) is 4. The van der Waals surface area contributed by atoms with Gasteiger partial charge in [0.15, 0.2) is 0 Å². The Balaban J connectivity index is 2.41. The van der Waals surface area contributed by atoms with E-state index in [9.17, 15) is 14.7 Å². The fourth-order valence-electron chi connectivity index (χ4n) is 1.27. The predicted molar refractivity (Wildman–Crippen MR) is 72.7 cm³/mol. The second-order valence-corrected chi connectivity index (χ2v) is 4.14. The van der Waals surface area contributed by atoms with Crippen LogP contribution in [0.15, 0.2) is 18.2 Å². The third-order valence-electron chi connectivity index (χ3n) is 2.18. The molecule has 20 heavy (non-hydrogen) atoms. The normalized spacial score (nSPS) is 10.1. The van der Waals surface area contributed by atoms with E-state index in [1.165, 1.54) is 18.2 Å². The van der Waals surface area contributed by atoms with E-state index in [0.29, 0.717) is 5.02 Å². The molecule has 1 aromatic carbocycles. The summed E-state index contributed by atoms with van der Waals surface area (Å²) in [7, 11) is 0. The Kier molecular flexibility index (Phi) is 6.78. The standard InChI is InChI=1S/C12H15ClN2O5/c13-8-1-2-10(17)9(7-8)15-12(19)11(18)14-3-5-20-6-4-16/h1-2,7,16-17H,3-6H2,(H,14,18)(H,15,19). The van der Waals surface area contributed by atoms with Crippen LogP contribution in [0.1, 0.15) is 0 Å². The highest BCUT2D eigenvalue weighted by Crippen LogP contribution is 2.26. The Labute approximate surface area is 120 Å². The van der Waals surface area contributed by atoms with Crippen molar-refractivity contribution in [2.75, 3.05) is 31.7 Å². The molecule has 4 N–H and O–H groups in total. The molecule has 110 valence electrons. The Hall–Kier alpha value is -1.83. The number of rotatable bonds is 6. The van der Waals surface area contributed by atoms with E-state index in [4.69, 9.17) is 21.4 Å². The summed E-state index contributed by atoms with van der Waals surface area (Å²) in [5.41, 5.74) is 0.0502. The molecule has 0 fully saturated rings. The number of aliphatic hydroxyl groups is 1. The number of nitrogens with one attached hydrogen (secondary N) is 2. The van der Waals surface area contributed by atoms with Gasteiger partial charge in [0.25, 0.3) is 0 Å². The van der Waals surface area contributed by atoms with Crippen molar-refractivity contribution in [3.63, 3.8) is 0 Å². The lowest BCUT2D eigenvalue weighted by molar-refractivity contribution is -0.136. The number of carbonyl (C=O) groups is 2. The van der Waals surface area contributed by atoms with Crippen molar-refractivity contribution < 1.29 is 24.5 Å². The molecule has 0 atom stereocenters. The zero-order valence-electron chi connectivity index (χ0n) is 10.6. The molecule has 7 nitrogen and oxygen atoms in total. The molecular weight excluding hydrogens is 288 g/mol. The van der Waals surface area contributed by atoms with Crippen molar-refractivity contribution >= 4 is 29.1 Å². The zero-order chi connectivity index (χ0) is 15.0. The van der Waals surface area contributed by atoms with Crippen LogP contribution >= 0.6 is 11.6 Å². The first-order valence-corrected chi connectivity index (χ1v) is 6.18. The summed E-state index contributed by atoms with van der Waals surface area (Å²) in [6.45, 7) is 0.372. The smallest absolute Gasteiger partial charge is 0.313 e. The lowest BCUT2D eigenvalue weighted by Gasteiger charge is -2.08. The number of carbonyl (C=O) groups excluding carboxylic acids is 2. The average Bonchev–Trinajstić information content (AvgIpc) is 2.42. The molecule has 0 saturated heterocycles. The zero-order valence-corrected chi connectivity index (χ0v) is 11.3. The van der Waals surface area contributed by atoms with Gasteiger partial charge in [-0.15, -0.1) is 0 Å². The van der Waals surface area contributed by atoms with Gasteiger partial charge in [0.05, 0.1) is 25.5 Å². The molecule has 1 rings (SSSR count). The predicted octanol–water partition coefficient (Wildman–Crippen LogP) is 0.109. The van der Waals surface area contributed by atoms with Gasteiger partial charge >= 0.3 is 11.8 Å². The van der Waals surface area contributed by atoms with Crippen molar-refractivity contribution in [2.24, 2.45) is 0 Å². The highest BCUT2D eigenvalue weighted by molar-refractivity contribution is 6.40. The fourth-order valence-corrected chi connectivity index (χ4v) is 1.44. The highest BCUT2D eigenvalue weighted by Gasteiger charge is 2.15. The maximum atomic E-state index is 11.5. The van der Waals surface area contributed by atoms with Crippen LogP contribution in [0.3, 0.4) is 0 Å². The molecule has 2 amide bonds. The molecular formula is C12H15ClN2O5. The van der Waals surface area contributed by atoms with Gasteiger partial charge in [0.1, 0.15) is 5.75 Å². The van der Waals surface area contributed by atoms with Crippen LogP contribution in [0.5, 0.6) is 5.75 Å². The van der Waals surface area contributed by atoms with Crippen molar-refractivity contribution in [3.8, 4) is 5.75 Å². The van der Waals surface area contributed by atoms with E-state index in [1.54, 1.807) is 0 Å². The molecule has 1 aromatic rings. The van der Waals surface area contributed by atoms with Crippen molar-refractivity contribution in [2.45, 2.75) is 0 Å². The van der Waals surface area contributed by atoms with Gasteiger partial charge in [-0.05, 0) is 18.2 Å². The maximum absolute atomic E-state index is 11.5. The Morgan fingerprint density at radius 1 is 1.25 bits per heavy atom. The largest absolute Gasteiger partial charge is 0.506 e. The van der Waals surface area contributed by atoms with E-state index in [1.807, 2.05) is 0 Å². The Bertz CT molecular complexity index is 481. The molecule has 0 heterocycles. The molecule has 0 radical (unpaired) electrons. The molecule has 0 bridgehead atoms. The number of amides is 2. The summed E-state index contributed by atoms with van der Waals surface area (Å²) in [5.74, 6) is -1.98. The van der Waals surface area contributed by atoms with Gasteiger partial charge in [-0.2, -0.15) is 0 Å². The first-order chi connectivity index (χ1) is 9.54. The topological polar surface area (TPSA) is 108 Å². The number of benzene rings is 1. The van der Waals surface area contributed by atoms with Gasteiger partial charge in [-0.25, -0.2) is 0 Å². The van der Waals surface area contributed by atoms with Gasteiger partial charge in [0.2, 0.25) is 0 Å². The second kappa shape index (κ2) is 8.36. The summed E-state index contributed by atoms with van der Waals surface area (Å²) in [6.07, 6.45) is 0. The minimum Gasteiger partial charge on any atom is -0.506 e. The highest BCUT2D eigenvalue weighted by atomic mass is 35.5. The minimum absolute atomic E-state index is 0.0502. The summed E-state index contributed by atoms with van der Waals surface area (Å²) < 4.78 is 4.91. The molecule has 0 aliphatic heterocycles. The van der Waals surface area contributed by atoms with Crippen LogP contribution in [0.2, 0.25) is 5.02 Å². The number of hydrogen-bond acceptors (Lipinski definition) is 5. The third kappa shape index (κ3) is 5.43. The lowest BCUT2D eigenvalue weighted by Crippen LogP contribution is -2.37. The molecule has 0 aliphatic carbocycles. The van der Waals surface area contributed by atoms with Crippen LogP contribution in [0, 0.1) is 0 Å². The summed E-state index contributed by atoms with van der Waals surface area (Å²) in [5, 5.41) is 22.8. The lowest BCUT2D eigenvalue weighted by atomic mass is 10.3. The third-order valence-corrected chi connectivity index (χ3v) is 2.42. The first kappa shape index (κ1) is 16.2. The van der Waals surface area contributed by atoms with E-state index >= 15 is 0 Å². The second-order valence-electron chi connectivity index (χ2n) is 3.71. The molecule has 0 saturated carbocycles. The van der Waals surface area contributed by atoms with E-state index in [2.05, 4.69) is 10.6 Å². The molecule has 8 heteroatoms. The Morgan fingerprint density at radius 2 is 2.00 bits per heavy atom. The van der Waals surface area contributed by atoms with Crippen LogP contribution in [-0.4, -0.2) is 48.4 Å². The number of phenols is 1. The monoisotopic (exact) mass is 302 g/mol. The number of ether oxygens (including phenoxy) is 1. The number of anilines is 1. The van der Waals surface area contributed by atoms with Crippen molar-refractivity contribution in [1.82, 2.24) is 5.32 Å². The van der Waals surface area contributed by atoms with Crippen molar-refractivity contribution in [3.05, 3.63) is 23.2 Å².